The smallest absolute Gasteiger partial charge is 0.269 e. The summed E-state index contributed by atoms with van der Waals surface area (Å²) >= 11 is 12.8. The van der Waals surface area contributed by atoms with Crippen LogP contribution in [0.2, 0.25) is 10.0 Å². The maximum absolute atomic E-state index is 11.9. The van der Waals surface area contributed by atoms with Crippen molar-refractivity contribution in [1.29, 1.82) is 0 Å². The largest absolute Gasteiger partial charge is 0.293 e. The molecule has 0 unspecified atom stereocenters. The minimum absolute atomic E-state index is 0.257. The number of benzene rings is 1. The first kappa shape index (κ1) is 13.5. The van der Waals surface area contributed by atoms with Crippen LogP contribution >= 0.6 is 35.0 Å². The number of rotatable bonds is 2. The van der Waals surface area contributed by atoms with Crippen LogP contribution in [0.3, 0.4) is 0 Å². The van der Waals surface area contributed by atoms with Crippen molar-refractivity contribution in [3.05, 3.63) is 38.7 Å². The zero-order chi connectivity index (χ0) is 13.3. The van der Waals surface area contributed by atoms with E-state index in [2.05, 4.69) is 0 Å². The van der Waals surface area contributed by atoms with E-state index >= 15 is 0 Å². The van der Waals surface area contributed by atoms with Gasteiger partial charge in [-0.15, -0.1) is 0 Å². The number of carbonyl (C=O) groups excluding carboxylic acids is 2. The van der Waals surface area contributed by atoms with Gasteiger partial charge in [0.05, 0.1) is 15.0 Å². The summed E-state index contributed by atoms with van der Waals surface area (Å²) in [6.45, 7) is 2.12. The number of halogens is 2. The lowest BCUT2D eigenvalue weighted by atomic mass is 10.2. The maximum Gasteiger partial charge on any atom is 0.293 e. The van der Waals surface area contributed by atoms with Gasteiger partial charge in [0.15, 0.2) is 0 Å². The Labute approximate surface area is 119 Å². The summed E-state index contributed by atoms with van der Waals surface area (Å²) in [6, 6.07) is 5.15. The van der Waals surface area contributed by atoms with Gasteiger partial charge in [-0.1, -0.05) is 35.3 Å². The molecule has 0 aromatic heterocycles. The van der Waals surface area contributed by atoms with Gasteiger partial charge in [0, 0.05) is 6.54 Å². The summed E-state index contributed by atoms with van der Waals surface area (Å²) in [5.41, 5.74) is 0.630. The van der Waals surface area contributed by atoms with Crippen molar-refractivity contribution in [3.63, 3.8) is 0 Å². The van der Waals surface area contributed by atoms with Crippen LogP contribution in [-0.2, 0) is 4.79 Å². The average molecular weight is 302 g/mol. The number of hydrogen-bond donors (Lipinski definition) is 0. The molecule has 3 nitrogen and oxygen atoms in total. The van der Waals surface area contributed by atoms with E-state index in [1.54, 1.807) is 31.2 Å². The van der Waals surface area contributed by atoms with E-state index in [1.807, 2.05) is 0 Å². The van der Waals surface area contributed by atoms with Crippen molar-refractivity contribution in [2.75, 3.05) is 6.54 Å². The van der Waals surface area contributed by atoms with Crippen LogP contribution in [0, 0.1) is 0 Å². The summed E-state index contributed by atoms with van der Waals surface area (Å²) in [6.07, 6.45) is 1.59. The minimum Gasteiger partial charge on any atom is -0.269 e. The van der Waals surface area contributed by atoms with Crippen molar-refractivity contribution < 1.29 is 9.59 Å². The number of hydrogen-bond acceptors (Lipinski definition) is 3. The number of imide groups is 1. The first-order chi connectivity index (χ1) is 8.54. The van der Waals surface area contributed by atoms with Gasteiger partial charge < -0.3 is 0 Å². The van der Waals surface area contributed by atoms with Gasteiger partial charge >= 0.3 is 0 Å². The zero-order valence-corrected chi connectivity index (χ0v) is 11.8. The molecular weight excluding hydrogens is 293 g/mol. The highest BCUT2D eigenvalue weighted by atomic mass is 35.5. The Morgan fingerprint density at radius 3 is 2.67 bits per heavy atom. The molecule has 0 N–H and O–H groups in total. The third-order valence-electron chi connectivity index (χ3n) is 2.46. The maximum atomic E-state index is 11.9. The molecule has 0 saturated carbocycles. The highest BCUT2D eigenvalue weighted by Gasteiger charge is 2.33. The standard InChI is InChI=1S/C12H9Cl2NO2S/c1-2-15-11(16)9(18-12(15)17)6-7-4-3-5-8(13)10(7)14/h3-6H,2H2,1H3/b9-6+. The lowest BCUT2D eigenvalue weighted by Gasteiger charge is -2.07. The summed E-state index contributed by atoms with van der Waals surface area (Å²) < 4.78 is 0. The van der Waals surface area contributed by atoms with Crippen molar-refractivity contribution in [3.8, 4) is 0 Å². The van der Waals surface area contributed by atoms with E-state index in [9.17, 15) is 9.59 Å². The van der Waals surface area contributed by atoms with Gasteiger partial charge in [0.25, 0.3) is 11.1 Å². The lowest BCUT2D eigenvalue weighted by molar-refractivity contribution is -0.122. The molecule has 1 aromatic rings. The van der Waals surface area contributed by atoms with E-state index in [1.165, 1.54) is 4.90 Å². The predicted molar refractivity (Wildman–Crippen MR) is 74.8 cm³/mol. The number of nitrogens with zero attached hydrogens (tertiary/aromatic N) is 1. The van der Waals surface area contributed by atoms with Gasteiger partial charge in [-0.25, -0.2) is 0 Å². The van der Waals surface area contributed by atoms with Crippen molar-refractivity contribution in [1.82, 2.24) is 4.90 Å². The third-order valence-corrected chi connectivity index (χ3v) is 4.20. The van der Waals surface area contributed by atoms with Crippen LogP contribution in [0.25, 0.3) is 6.08 Å². The molecule has 0 bridgehead atoms. The second kappa shape index (κ2) is 5.34. The van der Waals surface area contributed by atoms with Crippen LogP contribution < -0.4 is 0 Å². The molecule has 1 fully saturated rings. The molecular formula is C12H9Cl2NO2S. The first-order valence-corrected chi connectivity index (χ1v) is 6.81. The molecule has 94 valence electrons. The molecule has 6 heteroatoms. The zero-order valence-electron chi connectivity index (χ0n) is 9.44. The fourth-order valence-corrected chi connectivity index (χ4v) is 2.80. The van der Waals surface area contributed by atoms with E-state index in [0.29, 0.717) is 27.1 Å². The van der Waals surface area contributed by atoms with Crippen molar-refractivity contribution in [2.24, 2.45) is 0 Å². The second-order valence-electron chi connectivity index (χ2n) is 3.57. The van der Waals surface area contributed by atoms with Gasteiger partial charge in [0.2, 0.25) is 0 Å². The Morgan fingerprint density at radius 2 is 2.06 bits per heavy atom. The molecule has 1 heterocycles. The van der Waals surface area contributed by atoms with Crippen molar-refractivity contribution in [2.45, 2.75) is 6.92 Å². The lowest BCUT2D eigenvalue weighted by Crippen LogP contribution is -2.27. The van der Waals surface area contributed by atoms with Gasteiger partial charge in [-0.3, -0.25) is 14.5 Å². The Balaban J connectivity index is 2.38. The Morgan fingerprint density at radius 1 is 1.33 bits per heavy atom. The highest BCUT2D eigenvalue weighted by Crippen LogP contribution is 2.34. The van der Waals surface area contributed by atoms with Gasteiger partial charge in [0.1, 0.15) is 0 Å². The summed E-state index contributed by atoms with van der Waals surface area (Å²) in [5, 5.41) is 0.537. The average Bonchev–Trinajstić information content (AvgIpc) is 2.60. The fourth-order valence-electron chi connectivity index (χ4n) is 1.55. The molecule has 1 aliphatic rings. The molecule has 2 amide bonds. The Bertz CT molecular complexity index is 557. The molecule has 1 aliphatic heterocycles. The first-order valence-electron chi connectivity index (χ1n) is 5.24. The van der Waals surface area contributed by atoms with Crippen LogP contribution in [0.1, 0.15) is 12.5 Å². The summed E-state index contributed by atoms with van der Waals surface area (Å²) in [4.78, 5) is 25.0. The van der Waals surface area contributed by atoms with Crippen LogP contribution in [0.5, 0.6) is 0 Å². The summed E-state index contributed by atoms with van der Waals surface area (Å²) in [5.74, 6) is -0.288. The second-order valence-corrected chi connectivity index (χ2v) is 5.35. The fraction of sp³-hybridized carbons (Fsp3) is 0.167. The van der Waals surface area contributed by atoms with E-state index in [-0.39, 0.29) is 11.1 Å². The van der Waals surface area contributed by atoms with E-state index in [4.69, 9.17) is 23.2 Å². The Hall–Kier alpha value is -0.970. The quantitative estimate of drug-likeness (QED) is 0.773. The molecule has 0 radical (unpaired) electrons. The number of amides is 2. The highest BCUT2D eigenvalue weighted by molar-refractivity contribution is 8.18. The molecule has 1 saturated heterocycles. The van der Waals surface area contributed by atoms with Crippen LogP contribution in [-0.4, -0.2) is 22.6 Å². The minimum atomic E-state index is -0.288. The predicted octanol–water partition coefficient (Wildman–Crippen LogP) is 4.05. The molecule has 0 spiro atoms. The Kier molecular flexibility index (Phi) is 4.00. The molecule has 18 heavy (non-hydrogen) atoms. The van der Waals surface area contributed by atoms with Gasteiger partial charge in [-0.2, -0.15) is 0 Å². The van der Waals surface area contributed by atoms with Crippen LogP contribution in [0.4, 0.5) is 4.79 Å². The number of carbonyl (C=O) groups is 2. The number of likely N-dealkylation sites (N-methyl/N-ethyl adjacent to an activating group) is 1. The van der Waals surface area contributed by atoms with E-state index in [0.717, 1.165) is 11.8 Å². The van der Waals surface area contributed by atoms with Gasteiger partial charge in [-0.05, 0) is 36.4 Å². The molecule has 0 aliphatic carbocycles. The normalized spacial score (nSPS) is 17.9. The summed E-state index contributed by atoms with van der Waals surface area (Å²) in [7, 11) is 0. The van der Waals surface area contributed by atoms with E-state index < -0.39 is 0 Å². The molecule has 1 aromatic carbocycles. The molecule has 2 rings (SSSR count). The topological polar surface area (TPSA) is 37.4 Å². The van der Waals surface area contributed by atoms with Crippen molar-refractivity contribution >= 4 is 52.2 Å². The molecule has 0 atom stereocenters. The SMILES string of the molecule is CCN1C(=O)S/C(=C/c2cccc(Cl)c2Cl)C1=O. The third kappa shape index (κ3) is 2.41. The number of thioether (sulfide) groups is 1. The monoisotopic (exact) mass is 301 g/mol. The van der Waals surface area contributed by atoms with Crippen LogP contribution in [0.15, 0.2) is 23.1 Å².